The Morgan fingerprint density at radius 2 is 1.17 bits per heavy atom. The van der Waals surface area contributed by atoms with E-state index < -0.39 is 21.3 Å². The molecule has 2 aliphatic rings. The van der Waals surface area contributed by atoms with E-state index in [0.717, 1.165) is 0 Å². The van der Waals surface area contributed by atoms with Crippen molar-refractivity contribution in [2.75, 3.05) is 0 Å². The van der Waals surface area contributed by atoms with E-state index in [2.05, 4.69) is 85.2 Å². The molecule has 0 heterocycles. The molecular formula is C22H22Zr. The van der Waals surface area contributed by atoms with Gasteiger partial charge in [0.1, 0.15) is 0 Å². The van der Waals surface area contributed by atoms with Gasteiger partial charge in [0.05, 0.1) is 0 Å². The molecule has 23 heavy (non-hydrogen) atoms. The molecule has 0 bridgehead atoms. The van der Waals surface area contributed by atoms with Crippen molar-refractivity contribution in [2.45, 2.75) is 32.6 Å². The van der Waals surface area contributed by atoms with Crippen LogP contribution in [0.2, 0.25) is 0 Å². The first-order valence-corrected chi connectivity index (χ1v) is 12.4. The normalized spacial score (nSPS) is 21.3. The Morgan fingerprint density at radius 3 is 1.57 bits per heavy atom. The molecule has 0 nitrogen and oxygen atoms in total. The van der Waals surface area contributed by atoms with Gasteiger partial charge in [0.15, 0.2) is 0 Å². The molecule has 0 fully saturated rings. The molecule has 4 rings (SSSR count). The molecule has 114 valence electrons. The summed E-state index contributed by atoms with van der Waals surface area (Å²) in [6, 6.07) is 17.8. The van der Waals surface area contributed by atoms with Crippen molar-refractivity contribution in [3.05, 3.63) is 77.3 Å². The van der Waals surface area contributed by atoms with Gasteiger partial charge in [-0.1, -0.05) is 0 Å². The van der Waals surface area contributed by atoms with Crippen LogP contribution in [-0.4, -0.2) is 3.71 Å². The van der Waals surface area contributed by atoms with E-state index in [-0.39, 0.29) is 0 Å². The van der Waals surface area contributed by atoms with Crippen molar-refractivity contribution in [1.82, 2.24) is 0 Å². The Morgan fingerprint density at radius 1 is 0.739 bits per heavy atom. The van der Waals surface area contributed by atoms with Gasteiger partial charge < -0.3 is 0 Å². The quantitative estimate of drug-likeness (QED) is 0.626. The first-order valence-electron chi connectivity index (χ1n) is 8.48. The van der Waals surface area contributed by atoms with Gasteiger partial charge in [0.25, 0.3) is 0 Å². The average Bonchev–Trinajstić information content (AvgIpc) is 3.08. The van der Waals surface area contributed by atoms with Gasteiger partial charge >= 0.3 is 147 Å². The van der Waals surface area contributed by atoms with Crippen LogP contribution >= 0.6 is 0 Å². The maximum absolute atomic E-state index is 2.57. The number of rotatable bonds is 2. The Hall–Kier alpha value is -1.33. The molecule has 0 saturated heterocycles. The zero-order chi connectivity index (χ0) is 16.0. The van der Waals surface area contributed by atoms with Crippen molar-refractivity contribution < 1.29 is 21.3 Å². The summed E-state index contributed by atoms with van der Waals surface area (Å²) in [5.74, 6) is 1.18. The number of hydrogen-bond acceptors (Lipinski definition) is 0. The SMILES string of the molecule is C[CH]=[Zr]([C]1=Cc2ccccc2C1C)[C]1=Cc2ccccc2C1C. The fourth-order valence-corrected chi connectivity index (χ4v) is 11.2. The molecule has 2 unspecified atom stereocenters. The summed E-state index contributed by atoms with van der Waals surface area (Å²) in [4.78, 5) is 0. The van der Waals surface area contributed by atoms with Crippen molar-refractivity contribution in [2.24, 2.45) is 0 Å². The van der Waals surface area contributed by atoms with E-state index in [1.165, 1.54) is 22.3 Å². The third-order valence-corrected chi connectivity index (χ3v) is 12.7. The molecule has 0 radical (unpaired) electrons. The first kappa shape index (κ1) is 15.2. The minimum absolute atomic E-state index is 0.591. The van der Waals surface area contributed by atoms with E-state index in [1.54, 1.807) is 6.56 Å². The number of benzene rings is 2. The minimum atomic E-state index is -1.89. The summed E-state index contributed by atoms with van der Waals surface area (Å²) in [6.45, 7) is 7.09. The third-order valence-electron chi connectivity index (χ3n) is 5.39. The molecule has 2 atom stereocenters. The maximum atomic E-state index is 2.57. The fraction of sp³-hybridized carbons (Fsp3) is 0.227. The second-order valence-electron chi connectivity index (χ2n) is 6.60. The van der Waals surface area contributed by atoms with Crippen molar-refractivity contribution in [3.63, 3.8) is 0 Å². The van der Waals surface area contributed by atoms with Crippen LogP contribution in [0.1, 0.15) is 54.9 Å². The molecule has 2 aromatic carbocycles. The summed E-state index contributed by atoms with van der Waals surface area (Å²) >= 11 is -1.89. The number of fused-ring (bicyclic) bond motifs is 2. The Kier molecular flexibility index (Phi) is 3.94. The summed E-state index contributed by atoms with van der Waals surface area (Å²) in [6.07, 6.45) is 5.01. The molecular weight excluding hydrogens is 355 g/mol. The van der Waals surface area contributed by atoms with Crippen molar-refractivity contribution >= 4 is 15.9 Å². The zero-order valence-electron chi connectivity index (χ0n) is 14.0. The number of hydrogen-bond donors (Lipinski definition) is 0. The average molecular weight is 378 g/mol. The van der Waals surface area contributed by atoms with Gasteiger partial charge in [0.2, 0.25) is 0 Å². The van der Waals surface area contributed by atoms with E-state index in [1.807, 2.05) is 0 Å². The zero-order valence-corrected chi connectivity index (χ0v) is 16.5. The third kappa shape index (κ3) is 2.41. The van der Waals surface area contributed by atoms with Gasteiger partial charge in [-0.05, 0) is 0 Å². The molecule has 2 aromatic rings. The van der Waals surface area contributed by atoms with Gasteiger partial charge in [-0.2, -0.15) is 0 Å². The molecule has 0 amide bonds. The Bertz CT molecular complexity index is 798. The number of allylic oxidation sites excluding steroid dienone is 2. The summed E-state index contributed by atoms with van der Waals surface area (Å²) in [5, 5.41) is 0. The van der Waals surface area contributed by atoms with E-state index in [9.17, 15) is 0 Å². The topological polar surface area (TPSA) is 0 Å². The van der Waals surface area contributed by atoms with Gasteiger partial charge in [-0.3, -0.25) is 0 Å². The van der Waals surface area contributed by atoms with Gasteiger partial charge in [-0.15, -0.1) is 0 Å². The summed E-state index contributed by atoms with van der Waals surface area (Å²) in [7, 11) is 0. The molecule has 0 saturated carbocycles. The fourth-order valence-electron chi connectivity index (χ4n) is 4.12. The van der Waals surface area contributed by atoms with Crippen LogP contribution in [0.4, 0.5) is 0 Å². The van der Waals surface area contributed by atoms with E-state index >= 15 is 0 Å². The van der Waals surface area contributed by atoms with Crippen LogP contribution < -0.4 is 0 Å². The standard InChI is InChI=1S/2C10H9.C2H4.Zr/c2*1-8-6-7-9-4-2-3-5-10(8)9;1-2;/h2*2-5,7-8H,1H3;1H,2H3;. The molecule has 2 aliphatic carbocycles. The van der Waals surface area contributed by atoms with E-state index in [4.69, 9.17) is 0 Å². The predicted molar refractivity (Wildman–Crippen MR) is 97.4 cm³/mol. The molecule has 1 heteroatoms. The van der Waals surface area contributed by atoms with E-state index in [0.29, 0.717) is 11.8 Å². The van der Waals surface area contributed by atoms with Crippen LogP contribution in [0.25, 0.3) is 12.2 Å². The van der Waals surface area contributed by atoms with Crippen LogP contribution in [0.3, 0.4) is 0 Å². The van der Waals surface area contributed by atoms with Gasteiger partial charge in [-0.25, -0.2) is 0 Å². The summed E-state index contributed by atoms with van der Waals surface area (Å²) in [5.41, 5.74) is 5.93. The van der Waals surface area contributed by atoms with Crippen molar-refractivity contribution in [1.29, 1.82) is 0 Å². The second-order valence-corrected chi connectivity index (χ2v) is 12.9. The molecule has 0 spiro atoms. The molecule has 0 aliphatic heterocycles. The van der Waals surface area contributed by atoms with Crippen LogP contribution in [0, 0.1) is 0 Å². The Labute approximate surface area is 146 Å². The molecule has 0 aromatic heterocycles. The van der Waals surface area contributed by atoms with Gasteiger partial charge in [0, 0.05) is 0 Å². The molecule has 0 N–H and O–H groups in total. The second kappa shape index (κ2) is 5.95. The van der Waals surface area contributed by atoms with Crippen LogP contribution in [0.15, 0.2) is 55.1 Å². The first-order chi connectivity index (χ1) is 11.2. The monoisotopic (exact) mass is 376 g/mol. The summed E-state index contributed by atoms with van der Waals surface area (Å²) < 4.78 is 6.05. The van der Waals surface area contributed by atoms with Crippen LogP contribution in [0.5, 0.6) is 0 Å². The Balaban J connectivity index is 1.76. The van der Waals surface area contributed by atoms with Crippen LogP contribution in [-0.2, 0) is 21.3 Å². The predicted octanol–water partition coefficient (Wildman–Crippen LogP) is 5.74. The van der Waals surface area contributed by atoms with Crippen molar-refractivity contribution in [3.8, 4) is 0 Å².